The summed E-state index contributed by atoms with van der Waals surface area (Å²) in [5, 5.41) is 4.23. The molecule has 3 aromatic heterocycles. The summed E-state index contributed by atoms with van der Waals surface area (Å²) in [5.41, 5.74) is 2.77. The third-order valence-electron chi connectivity index (χ3n) is 4.82. The van der Waals surface area contributed by atoms with Crippen molar-refractivity contribution in [3.8, 4) is 10.7 Å². The third kappa shape index (κ3) is 3.18. The minimum atomic E-state index is -0.304. The number of fused-ring (bicyclic) bond motifs is 2. The molecule has 0 saturated heterocycles. The summed E-state index contributed by atoms with van der Waals surface area (Å²) in [6.07, 6.45) is 6.27. The van der Waals surface area contributed by atoms with E-state index >= 15 is 0 Å². The number of hydrogen-bond donors (Lipinski definition) is 1. The molecule has 0 aliphatic heterocycles. The van der Waals surface area contributed by atoms with E-state index in [2.05, 4.69) is 32.2 Å². The van der Waals surface area contributed by atoms with Crippen molar-refractivity contribution in [1.29, 1.82) is 0 Å². The van der Waals surface area contributed by atoms with E-state index in [1.165, 1.54) is 22.4 Å². The number of nitrogens with one attached hydrogen (secondary N) is 1. The summed E-state index contributed by atoms with van der Waals surface area (Å²) in [7, 11) is 0. The van der Waals surface area contributed by atoms with E-state index in [0.717, 1.165) is 35.2 Å². The monoisotopic (exact) mass is 407 g/mol. The molecule has 0 bridgehead atoms. The molecule has 1 amide bonds. The molecular weight excluding hydrogens is 390 g/mol. The van der Waals surface area contributed by atoms with Gasteiger partial charge in [0.15, 0.2) is 10.8 Å². The Balaban J connectivity index is 1.46. The first-order valence-corrected chi connectivity index (χ1v) is 10.8. The highest BCUT2D eigenvalue weighted by Gasteiger charge is 2.23. The van der Waals surface area contributed by atoms with E-state index in [0.29, 0.717) is 21.8 Å². The van der Waals surface area contributed by atoms with Crippen molar-refractivity contribution in [2.75, 3.05) is 5.32 Å². The Labute approximate surface area is 169 Å². The zero-order valence-electron chi connectivity index (χ0n) is 15.2. The van der Waals surface area contributed by atoms with Crippen molar-refractivity contribution >= 4 is 43.9 Å². The molecule has 4 aromatic rings. The van der Waals surface area contributed by atoms with Crippen LogP contribution in [0.2, 0.25) is 0 Å². The van der Waals surface area contributed by atoms with E-state index in [9.17, 15) is 4.79 Å². The number of anilines is 1. The molecule has 1 aromatic carbocycles. The van der Waals surface area contributed by atoms with E-state index in [-0.39, 0.29) is 11.6 Å². The summed E-state index contributed by atoms with van der Waals surface area (Å²) in [5.74, 6) is 0.364. The summed E-state index contributed by atoms with van der Waals surface area (Å²) < 4.78 is 1.05. The van der Waals surface area contributed by atoms with E-state index in [4.69, 9.17) is 0 Å². The van der Waals surface area contributed by atoms with Crippen LogP contribution >= 0.6 is 22.7 Å². The Bertz CT molecular complexity index is 1150. The number of thiazole rings is 2. The Morgan fingerprint density at radius 3 is 2.89 bits per heavy atom. The number of benzene rings is 1. The lowest BCUT2D eigenvalue weighted by Gasteiger charge is -2.15. The summed E-state index contributed by atoms with van der Waals surface area (Å²) in [6, 6.07) is 7.88. The van der Waals surface area contributed by atoms with Gasteiger partial charge in [-0.1, -0.05) is 19.1 Å². The van der Waals surface area contributed by atoms with Gasteiger partial charge in [0.25, 0.3) is 5.91 Å². The van der Waals surface area contributed by atoms with Crippen molar-refractivity contribution in [1.82, 2.24) is 19.9 Å². The average molecular weight is 408 g/mol. The average Bonchev–Trinajstić information content (AvgIpc) is 3.30. The highest BCUT2D eigenvalue weighted by Crippen LogP contribution is 2.33. The minimum absolute atomic E-state index is 0.267. The van der Waals surface area contributed by atoms with Crippen LogP contribution in [0.25, 0.3) is 20.9 Å². The molecule has 0 saturated carbocycles. The van der Waals surface area contributed by atoms with E-state index < -0.39 is 0 Å². The zero-order chi connectivity index (χ0) is 19.1. The molecule has 0 unspecified atom stereocenters. The predicted molar refractivity (Wildman–Crippen MR) is 112 cm³/mol. The highest BCUT2D eigenvalue weighted by atomic mass is 32.1. The number of carbonyl (C=O) groups excluding carboxylic acids is 1. The smallest absolute Gasteiger partial charge is 0.278 e. The van der Waals surface area contributed by atoms with Crippen molar-refractivity contribution in [3.63, 3.8) is 0 Å². The number of carbonyl (C=O) groups is 1. The van der Waals surface area contributed by atoms with E-state index in [1.54, 1.807) is 17.5 Å². The molecule has 6 nitrogen and oxygen atoms in total. The van der Waals surface area contributed by atoms with Gasteiger partial charge in [0, 0.05) is 17.3 Å². The van der Waals surface area contributed by atoms with Gasteiger partial charge in [0.05, 0.1) is 15.9 Å². The third-order valence-corrected chi connectivity index (χ3v) is 6.89. The second-order valence-corrected chi connectivity index (χ2v) is 9.05. The molecule has 0 fully saturated rings. The van der Waals surface area contributed by atoms with E-state index in [1.807, 2.05) is 24.3 Å². The number of para-hydroxylation sites is 1. The van der Waals surface area contributed by atoms with Crippen molar-refractivity contribution < 1.29 is 4.79 Å². The van der Waals surface area contributed by atoms with Crippen molar-refractivity contribution in [2.24, 2.45) is 5.92 Å². The fourth-order valence-corrected chi connectivity index (χ4v) is 5.51. The predicted octanol–water partition coefficient (Wildman–Crippen LogP) is 4.59. The van der Waals surface area contributed by atoms with Gasteiger partial charge in [-0.3, -0.25) is 10.1 Å². The lowest BCUT2D eigenvalue weighted by molar-refractivity contribution is 0.102. The maximum atomic E-state index is 12.9. The lowest BCUT2D eigenvalue weighted by atomic mass is 9.93. The van der Waals surface area contributed by atoms with Crippen LogP contribution in [-0.4, -0.2) is 25.8 Å². The molecule has 1 aliphatic rings. The number of rotatable bonds is 3. The highest BCUT2D eigenvalue weighted by molar-refractivity contribution is 7.21. The van der Waals surface area contributed by atoms with Crippen LogP contribution in [0.3, 0.4) is 0 Å². The van der Waals surface area contributed by atoms with Crippen molar-refractivity contribution in [2.45, 2.75) is 26.2 Å². The molecule has 1 N–H and O–H groups in total. The van der Waals surface area contributed by atoms with Crippen LogP contribution in [0.15, 0.2) is 36.7 Å². The maximum Gasteiger partial charge on any atom is 0.278 e. The zero-order valence-corrected chi connectivity index (χ0v) is 16.8. The Kier molecular flexibility index (Phi) is 4.37. The molecule has 140 valence electrons. The fraction of sp³-hybridized carbons (Fsp3) is 0.250. The first kappa shape index (κ1) is 17.4. The topological polar surface area (TPSA) is 80.7 Å². The second kappa shape index (κ2) is 7.03. The molecular formula is C20H17N5OS2. The number of amides is 1. The summed E-state index contributed by atoms with van der Waals surface area (Å²) in [6.45, 7) is 2.25. The van der Waals surface area contributed by atoms with Gasteiger partial charge in [0.1, 0.15) is 10.7 Å². The Hall–Kier alpha value is -2.71. The van der Waals surface area contributed by atoms with Crippen LogP contribution < -0.4 is 5.32 Å². The van der Waals surface area contributed by atoms with Crippen LogP contribution in [-0.2, 0) is 12.8 Å². The number of nitrogens with zero attached hydrogens (tertiary/aromatic N) is 4. The summed E-state index contributed by atoms with van der Waals surface area (Å²) >= 11 is 3.07. The molecule has 1 atom stereocenters. The standard InChI is InChI=1S/C20H17N5OS2/c1-11-6-7-13-15(10-11)28-20(24-13)25-18(26)16-17(22-9-8-21-16)19-23-12-4-2-3-5-14(12)27-19/h2-5,8-9,11H,6-7,10H2,1H3,(H,24,25,26)/t11-/m0/s1. The van der Waals surface area contributed by atoms with Crippen LogP contribution in [0.5, 0.6) is 0 Å². The molecule has 3 heterocycles. The van der Waals surface area contributed by atoms with Crippen LogP contribution in [0.1, 0.15) is 34.4 Å². The molecule has 1 aliphatic carbocycles. The van der Waals surface area contributed by atoms with Gasteiger partial charge in [0.2, 0.25) is 0 Å². The molecule has 5 rings (SSSR count). The van der Waals surface area contributed by atoms with Gasteiger partial charge >= 0.3 is 0 Å². The van der Waals surface area contributed by atoms with Gasteiger partial charge in [-0.25, -0.2) is 19.9 Å². The van der Waals surface area contributed by atoms with Crippen molar-refractivity contribution in [3.05, 3.63) is 52.9 Å². The number of aryl methyl sites for hydroxylation is 1. The number of hydrogen-bond acceptors (Lipinski definition) is 7. The number of aromatic nitrogens is 4. The quantitative estimate of drug-likeness (QED) is 0.537. The van der Waals surface area contributed by atoms with Gasteiger partial charge in [-0.2, -0.15) is 0 Å². The Morgan fingerprint density at radius 2 is 2.00 bits per heavy atom. The van der Waals surface area contributed by atoms with Gasteiger partial charge < -0.3 is 0 Å². The first-order valence-electron chi connectivity index (χ1n) is 9.14. The minimum Gasteiger partial charge on any atom is -0.296 e. The molecule has 0 radical (unpaired) electrons. The second-order valence-electron chi connectivity index (χ2n) is 6.93. The van der Waals surface area contributed by atoms with Gasteiger partial charge in [-0.05, 0) is 37.3 Å². The molecule has 28 heavy (non-hydrogen) atoms. The molecule has 0 spiro atoms. The summed E-state index contributed by atoms with van der Waals surface area (Å²) in [4.78, 5) is 32.1. The van der Waals surface area contributed by atoms with Gasteiger partial charge in [-0.15, -0.1) is 22.7 Å². The first-order chi connectivity index (χ1) is 13.7. The normalized spacial score (nSPS) is 16.1. The van der Waals surface area contributed by atoms with Crippen LogP contribution in [0.4, 0.5) is 5.13 Å². The maximum absolute atomic E-state index is 12.9. The fourth-order valence-electron chi connectivity index (χ4n) is 3.38. The lowest BCUT2D eigenvalue weighted by Crippen LogP contribution is -2.15. The van der Waals surface area contributed by atoms with Crippen LogP contribution in [0, 0.1) is 5.92 Å². The molecule has 8 heteroatoms. The largest absolute Gasteiger partial charge is 0.296 e. The Morgan fingerprint density at radius 1 is 1.14 bits per heavy atom. The SMILES string of the molecule is C[C@H]1CCc2nc(NC(=O)c3nccnc3-c3nc4ccccc4s3)sc2C1.